The van der Waals surface area contributed by atoms with Crippen LogP contribution in [0.4, 0.5) is 0 Å². The Hall–Kier alpha value is -9.05. The second kappa shape index (κ2) is 15.5. The van der Waals surface area contributed by atoms with Gasteiger partial charge in [-0.1, -0.05) is 212 Å². The van der Waals surface area contributed by atoms with Crippen LogP contribution in [0.5, 0.6) is 0 Å². The van der Waals surface area contributed by atoms with Gasteiger partial charge in [0.2, 0.25) is 0 Å². The zero-order chi connectivity index (χ0) is 45.5. The van der Waals surface area contributed by atoms with Crippen LogP contribution >= 0.6 is 0 Å². The molecule has 1 aliphatic rings. The van der Waals surface area contributed by atoms with Gasteiger partial charge in [0.05, 0.1) is 39.0 Å². The molecule has 69 heavy (non-hydrogen) atoms. The number of para-hydroxylation sites is 1. The molecule has 1 aliphatic carbocycles. The fourth-order valence-electron chi connectivity index (χ4n) is 11.4. The summed E-state index contributed by atoms with van der Waals surface area (Å²) in [5.74, 6) is 0. The van der Waals surface area contributed by atoms with Gasteiger partial charge in [0.15, 0.2) is 0 Å². The van der Waals surface area contributed by atoms with Crippen LogP contribution in [0.25, 0.3) is 110 Å². The Bertz CT molecular complexity index is 4140. The van der Waals surface area contributed by atoms with Crippen LogP contribution in [0.3, 0.4) is 0 Å². The van der Waals surface area contributed by atoms with E-state index in [0.29, 0.717) is 0 Å². The smallest absolute Gasteiger partial charge is 0.0972 e. The fraction of sp³-hybridized carbons (Fsp3) is 0.0152. The molecule has 0 bridgehead atoms. The van der Waals surface area contributed by atoms with Gasteiger partial charge >= 0.3 is 0 Å². The molecule has 0 saturated carbocycles. The number of benzene rings is 10. The highest BCUT2D eigenvalue weighted by molar-refractivity contribution is 6.14. The zero-order valence-electron chi connectivity index (χ0n) is 37.5. The van der Waals surface area contributed by atoms with Crippen molar-refractivity contribution < 1.29 is 0 Å². The van der Waals surface area contributed by atoms with Crippen LogP contribution in [0.15, 0.2) is 249 Å². The summed E-state index contributed by atoms with van der Waals surface area (Å²) in [5, 5.41) is 7.93. The van der Waals surface area contributed by atoms with Crippen LogP contribution in [-0.4, -0.2) is 15.0 Å². The van der Waals surface area contributed by atoms with E-state index in [4.69, 9.17) is 15.0 Å². The molecule has 0 aliphatic heterocycles. The lowest BCUT2D eigenvalue weighted by molar-refractivity contribution is 0.769. The average molecular weight is 876 g/mol. The van der Waals surface area contributed by atoms with E-state index in [0.717, 1.165) is 88.4 Å². The molecule has 0 spiro atoms. The molecule has 0 radical (unpaired) electrons. The van der Waals surface area contributed by atoms with E-state index in [1.807, 2.05) is 6.07 Å². The van der Waals surface area contributed by atoms with Gasteiger partial charge in [0.1, 0.15) is 0 Å². The number of hydrogen-bond acceptors (Lipinski definition) is 3. The second-order valence-electron chi connectivity index (χ2n) is 18.2. The van der Waals surface area contributed by atoms with Crippen molar-refractivity contribution in [2.24, 2.45) is 0 Å². The Balaban J connectivity index is 0.936. The summed E-state index contributed by atoms with van der Waals surface area (Å²) in [5.41, 5.74) is 18.2. The molecule has 0 N–H and O–H groups in total. The van der Waals surface area contributed by atoms with Crippen molar-refractivity contribution in [1.82, 2.24) is 15.0 Å². The first kappa shape index (κ1) is 39.1. The topological polar surface area (TPSA) is 38.7 Å². The first-order valence-electron chi connectivity index (χ1n) is 23.7. The third-order valence-corrected chi connectivity index (χ3v) is 14.5. The maximum Gasteiger partial charge on any atom is 0.0972 e. The van der Waals surface area contributed by atoms with Gasteiger partial charge in [-0.05, 0) is 97.1 Å². The number of rotatable bonds is 6. The minimum Gasteiger partial charge on any atom is -0.247 e. The molecule has 3 nitrogen and oxygen atoms in total. The standard InChI is InChI=1S/C66H41N3/c1-4-17-42(18-5-1)60-37-33-43-31-32-44-34-38-62(69-65(44)64(43)67-60)54-36-35-49(50-25-10-11-26-51(50)54)45-19-16-20-46(39-45)63-57-40-56-52-27-12-14-29-58(52)66(47-21-6-2-7-22-47,48-23-8-3-9-24-48)59(56)41-55(57)53-28-13-15-30-61(53)68-63/h1-41H. The third kappa shape index (κ3) is 6.04. The molecular formula is C66H41N3. The van der Waals surface area contributed by atoms with Gasteiger partial charge < -0.3 is 0 Å². The van der Waals surface area contributed by atoms with E-state index in [-0.39, 0.29) is 0 Å². The van der Waals surface area contributed by atoms with Gasteiger partial charge in [0.25, 0.3) is 0 Å². The molecule has 3 heteroatoms. The lowest BCUT2D eigenvalue weighted by Gasteiger charge is -2.34. The SMILES string of the molecule is c1ccc(-c2ccc3ccc4ccc(-c5ccc(-c6cccc(-c7nc8ccccc8c8cc9c(cc78)-c7ccccc7C9(c7ccccc7)c7ccccc7)c6)c6ccccc56)nc4c3n2)cc1. The summed E-state index contributed by atoms with van der Waals surface area (Å²) >= 11 is 0. The molecule has 0 fully saturated rings. The van der Waals surface area contributed by atoms with Crippen LogP contribution in [0.1, 0.15) is 22.3 Å². The second-order valence-corrected chi connectivity index (χ2v) is 18.2. The Labute approximate surface area is 399 Å². The minimum absolute atomic E-state index is 0.501. The van der Waals surface area contributed by atoms with Crippen molar-refractivity contribution in [2.75, 3.05) is 0 Å². The van der Waals surface area contributed by atoms with Crippen molar-refractivity contribution >= 4 is 54.3 Å². The van der Waals surface area contributed by atoms with E-state index in [2.05, 4.69) is 243 Å². The number of aromatic nitrogens is 3. The van der Waals surface area contributed by atoms with Crippen LogP contribution in [0.2, 0.25) is 0 Å². The maximum atomic E-state index is 5.51. The Morgan fingerprint density at radius 3 is 1.57 bits per heavy atom. The van der Waals surface area contributed by atoms with Crippen molar-refractivity contribution in [1.29, 1.82) is 0 Å². The number of hydrogen-bond donors (Lipinski definition) is 0. The third-order valence-electron chi connectivity index (χ3n) is 14.5. The van der Waals surface area contributed by atoms with E-state index >= 15 is 0 Å². The first-order chi connectivity index (χ1) is 34.2. The first-order valence-corrected chi connectivity index (χ1v) is 23.7. The molecule has 0 saturated heterocycles. The van der Waals surface area contributed by atoms with E-state index < -0.39 is 5.41 Å². The lowest BCUT2D eigenvalue weighted by Crippen LogP contribution is -2.28. The molecular weight excluding hydrogens is 835 g/mol. The molecule has 3 heterocycles. The molecule has 10 aromatic carbocycles. The van der Waals surface area contributed by atoms with E-state index in [1.54, 1.807) is 0 Å². The minimum atomic E-state index is -0.501. The Morgan fingerprint density at radius 1 is 0.275 bits per heavy atom. The van der Waals surface area contributed by atoms with Crippen LogP contribution in [-0.2, 0) is 5.41 Å². The summed E-state index contributed by atoms with van der Waals surface area (Å²) in [6.07, 6.45) is 0. The van der Waals surface area contributed by atoms with Gasteiger partial charge in [-0.3, -0.25) is 0 Å². The molecule has 0 unspecified atom stereocenters. The number of nitrogens with zero attached hydrogens (tertiary/aromatic N) is 3. The van der Waals surface area contributed by atoms with Crippen molar-refractivity contribution in [3.8, 4) is 56.0 Å². The Morgan fingerprint density at radius 2 is 0.826 bits per heavy atom. The summed E-state index contributed by atoms with van der Waals surface area (Å²) in [4.78, 5) is 16.1. The summed E-state index contributed by atoms with van der Waals surface area (Å²) in [6, 6.07) is 90.0. The predicted octanol–water partition coefficient (Wildman–Crippen LogP) is 16.7. The quantitative estimate of drug-likeness (QED) is 0.156. The molecule has 3 aromatic heterocycles. The zero-order valence-corrected chi connectivity index (χ0v) is 37.5. The highest BCUT2D eigenvalue weighted by atomic mass is 14.8. The largest absolute Gasteiger partial charge is 0.247 e. The normalized spacial score (nSPS) is 12.8. The average Bonchev–Trinajstić information content (AvgIpc) is 3.72. The maximum absolute atomic E-state index is 5.51. The predicted molar refractivity (Wildman–Crippen MR) is 286 cm³/mol. The fourth-order valence-corrected chi connectivity index (χ4v) is 11.4. The van der Waals surface area contributed by atoms with E-state index in [9.17, 15) is 0 Å². The number of pyridine rings is 3. The highest BCUT2D eigenvalue weighted by Gasteiger charge is 2.46. The van der Waals surface area contributed by atoms with Crippen molar-refractivity contribution in [3.63, 3.8) is 0 Å². The summed E-state index contributed by atoms with van der Waals surface area (Å²) in [6.45, 7) is 0. The highest BCUT2D eigenvalue weighted by Crippen LogP contribution is 2.57. The van der Waals surface area contributed by atoms with Crippen LogP contribution < -0.4 is 0 Å². The molecule has 14 rings (SSSR count). The lowest BCUT2D eigenvalue weighted by atomic mass is 9.67. The van der Waals surface area contributed by atoms with Crippen molar-refractivity contribution in [3.05, 3.63) is 271 Å². The van der Waals surface area contributed by atoms with Gasteiger partial charge in [-0.25, -0.2) is 15.0 Å². The van der Waals surface area contributed by atoms with Crippen LogP contribution in [0, 0.1) is 0 Å². The van der Waals surface area contributed by atoms with Gasteiger partial charge in [-0.15, -0.1) is 0 Å². The summed E-state index contributed by atoms with van der Waals surface area (Å²) in [7, 11) is 0. The van der Waals surface area contributed by atoms with E-state index in [1.165, 1.54) is 44.2 Å². The number of fused-ring (bicyclic) bond motifs is 10. The molecule has 0 amide bonds. The molecule has 0 atom stereocenters. The molecule has 320 valence electrons. The van der Waals surface area contributed by atoms with Gasteiger partial charge in [0, 0.05) is 38.2 Å². The van der Waals surface area contributed by atoms with Crippen molar-refractivity contribution in [2.45, 2.75) is 5.41 Å². The Kier molecular flexibility index (Phi) is 8.80. The van der Waals surface area contributed by atoms with Gasteiger partial charge in [-0.2, -0.15) is 0 Å². The monoisotopic (exact) mass is 875 g/mol. The molecule has 13 aromatic rings. The summed E-state index contributed by atoms with van der Waals surface area (Å²) < 4.78 is 0.